The van der Waals surface area contributed by atoms with Gasteiger partial charge in [0.2, 0.25) is 0 Å². The van der Waals surface area contributed by atoms with Crippen LogP contribution in [0.25, 0.3) is 26.8 Å². The van der Waals surface area contributed by atoms with Crippen LogP contribution in [0.1, 0.15) is 5.56 Å². The first-order valence-electron chi connectivity index (χ1n) is 8.66. The predicted molar refractivity (Wildman–Crippen MR) is 114 cm³/mol. The summed E-state index contributed by atoms with van der Waals surface area (Å²) in [6.45, 7) is 1.99. The van der Waals surface area contributed by atoms with Gasteiger partial charge >= 0.3 is 0 Å². The number of rotatable bonds is 3. The maximum Gasteiger partial charge on any atom is 0.266 e. The third-order valence-corrected chi connectivity index (χ3v) is 6.31. The van der Waals surface area contributed by atoms with Gasteiger partial charge in [0.1, 0.15) is 16.2 Å². The summed E-state index contributed by atoms with van der Waals surface area (Å²) in [4.78, 5) is 27.9. The molecule has 3 heterocycles. The van der Waals surface area contributed by atoms with Crippen molar-refractivity contribution in [1.82, 2.24) is 19.5 Å². The Morgan fingerprint density at radius 1 is 0.964 bits per heavy atom. The molecule has 2 aromatic carbocycles. The first-order valence-corrected chi connectivity index (χ1v) is 10.4. The van der Waals surface area contributed by atoms with Gasteiger partial charge in [-0.3, -0.25) is 9.36 Å². The highest BCUT2D eigenvalue weighted by atomic mass is 32.2. The van der Waals surface area contributed by atoms with E-state index in [9.17, 15) is 4.79 Å². The Labute approximate surface area is 168 Å². The summed E-state index contributed by atoms with van der Waals surface area (Å²) in [7, 11) is 0. The lowest BCUT2D eigenvalue weighted by Crippen LogP contribution is -2.22. The van der Waals surface area contributed by atoms with Gasteiger partial charge in [-0.15, -0.1) is 11.3 Å². The Hall–Kier alpha value is -3.03. The number of aromatic nitrogens is 4. The van der Waals surface area contributed by atoms with Crippen LogP contribution in [0.5, 0.6) is 0 Å². The van der Waals surface area contributed by atoms with E-state index in [4.69, 9.17) is 4.98 Å². The van der Waals surface area contributed by atoms with Crippen molar-refractivity contribution in [3.8, 4) is 5.69 Å². The normalized spacial score (nSPS) is 11.3. The summed E-state index contributed by atoms with van der Waals surface area (Å²) in [6, 6.07) is 17.3. The fourth-order valence-electron chi connectivity index (χ4n) is 3.14. The minimum Gasteiger partial charge on any atom is -0.268 e. The van der Waals surface area contributed by atoms with Gasteiger partial charge in [0.15, 0.2) is 5.16 Å². The standard InChI is InChI=1S/C21H14N4OS2/c1-13-6-2-5-9-17(13)25-20(26)14-7-3-4-8-16(14)24-21(25)28-19-15-10-11-27-18(15)22-12-23-19/h2-12H,1H3. The molecule has 0 aliphatic heterocycles. The Morgan fingerprint density at radius 2 is 1.79 bits per heavy atom. The van der Waals surface area contributed by atoms with E-state index in [1.165, 1.54) is 11.8 Å². The van der Waals surface area contributed by atoms with Crippen LogP contribution in [0.4, 0.5) is 0 Å². The molecule has 0 N–H and O–H groups in total. The third-order valence-electron chi connectivity index (χ3n) is 4.51. The number of fused-ring (bicyclic) bond motifs is 2. The average Bonchev–Trinajstić information content (AvgIpc) is 3.19. The van der Waals surface area contributed by atoms with Crippen LogP contribution in [-0.4, -0.2) is 19.5 Å². The molecule has 7 heteroatoms. The molecule has 0 aliphatic carbocycles. The van der Waals surface area contributed by atoms with Crippen LogP contribution in [0.2, 0.25) is 0 Å². The molecular weight excluding hydrogens is 388 g/mol. The minimum atomic E-state index is -0.0852. The molecule has 0 saturated carbocycles. The summed E-state index contributed by atoms with van der Waals surface area (Å²) in [5.74, 6) is 0. The van der Waals surface area contributed by atoms with Gasteiger partial charge in [0, 0.05) is 5.39 Å². The fraction of sp³-hybridized carbons (Fsp3) is 0.0476. The van der Waals surface area contributed by atoms with E-state index < -0.39 is 0 Å². The number of nitrogens with zero attached hydrogens (tertiary/aromatic N) is 4. The molecule has 5 nitrogen and oxygen atoms in total. The van der Waals surface area contributed by atoms with Crippen LogP contribution >= 0.6 is 23.1 Å². The fourth-order valence-corrected chi connectivity index (χ4v) is 4.90. The van der Waals surface area contributed by atoms with E-state index in [2.05, 4.69) is 9.97 Å². The van der Waals surface area contributed by atoms with Gasteiger partial charge < -0.3 is 0 Å². The number of benzene rings is 2. The molecule has 5 rings (SSSR count). The summed E-state index contributed by atoms with van der Waals surface area (Å²) in [5.41, 5.74) is 2.42. The van der Waals surface area contributed by atoms with Gasteiger partial charge in [0.25, 0.3) is 5.56 Å². The quantitative estimate of drug-likeness (QED) is 0.319. The molecule has 0 unspecified atom stereocenters. The highest BCUT2D eigenvalue weighted by molar-refractivity contribution is 7.99. The average molecular weight is 403 g/mol. The van der Waals surface area contributed by atoms with Crippen molar-refractivity contribution in [2.75, 3.05) is 0 Å². The van der Waals surface area contributed by atoms with Crippen molar-refractivity contribution in [3.05, 3.63) is 82.2 Å². The van der Waals surface area contributed by atoms with E-state index in [0.717, 1.165) is 26.5 Å². The number of hydrogen-bond donors (Lipinski definition) is 0. The molecule has 0 bridgehead atoms. The molecule has 5 aromatic rings. The molecule has 0 saturated heterocycles. The van der Waals surface area contributed by atoms with Gasteiger partial charge in [-0.1, -0.05) is 30.3 Å². The monoisotopic (exact) mass is 402 g/mol. The van der Waals surface area contributed by atoms with Crippen molar-refractivity contribution in [2.45, 2.75) is 17.1 Å². The number of thiophene rings is 1. The van der Waals surface area contributed by atoms with Crippen LogP contribution < -0.4 is 5.56 Å². The van der Waals surface area contributed by atoms with Crippen LogP contribution in [0, 0.1) is 6.92 Å². The first-order chi connectivity index (χ1) is 13.7. The lowest BCUT2D eigenvalue weighted by Gasteiger charge is -2.15. The smallest absolute Gasteiger partial charge is 0.266 e. The van der Waals surface area contributed by atoms with Crippen LogP contribution in [-0.2, 0) is 0 Å². The molecule has 0 radical (unpaired) electrons. The minimum absolute atomic E-state index is 0.0852. The van der Waals surface area contributed by atoms with E-state index >= 15 is 0 Å². The molecule has 0 fully saturated rings. The molecular formula is C21H14N4OS2. The van der Waals surface area contributed by atoms with Crippen molar-refractivity contribution >= 4 is 44.2 Å². The Kier molecular flexibility index (Phi) is 4.18. The first kappa shape index (κ1) is 17.1. The largest absolute Gasteiger partial charge is 0.268 e. The lowest BCUT2D eigenvalue weighted by molar-refractivity contribution is 0.813. The van der Waals surface area contributed by atoms with Gasteiger partial charge in [-0.2, -0.15) is 0 Å². The highest BCUT2D eigenvalue weighted by Gasteiger charge is 2.17. The van der Waals surface area contributed by atoms with Crippen molar-refractivity contribution < 1.29 is 0 Å². The number of aryl methyl sites for hydroxylation is 1. The zero-order chi connectivity index (χ0) is 19.1. The molecule has 3 aromatic heterocycles. The SMILES string of the molecule is Cc1ccccc1-n1c(Sc2ncnc3sccc23)nc2ccccc2c1=O. The zero-order valence-electron chi connectivity index (χ0n) is 14.9. The Bertz CT molecular complexity index is 1390. The summed E-state index contributed by atoms with van der Waals surface area (Å²) >= 11 is 2.96. The van der Waals surface area contributed by atoms with Crippen LogP contribution in [0.15, 0.2) is 81.3 Å². The molecule has 28 heavy (non-hydrogen) atoms. The van der Waals surface area contributed by atoms with E-state index in [1.807, 2.05) is 66.9 Å². The predicted octanol–water partition coefficient (Wildman–Crippen LogP) is 4.85. The number of hydrogen-bond acceptors (Lipinski definition) is 6. The summed E-state index contributed by atoms with van der Waals surface area (Å²) < 4.78 is 1.68. The topological polar surface area (TPSA) is 60.7 Å². The lowest BCUT2D eigenvalue weighted by atomic mass is 10.2. The number of para-hydroxylation sites is 2. The molecule has 0 aliphatic rings. The maximum atomic E-state index is 13.4. The van der Waals surface area contributed by atoms with Crippen molar-refractivity contribution in [2.24, 2.45) is 0 Å². The van der Waals surface area contributed by atoms with Gasteiger partial charge in [0.05, 0.1) is 16.6 Å². The van der Waals surface area contributed by atoms with Gasteiger partial charge in [-0.05, 0) is 53.9 Å². The highest BCUT2D eigenvalue weighted by Crippen LogP contribution is 2.33. The Balaban J connectivity index is 1.80. The summed E-state index contributed by atoms with van der Waals surface area (Å²) in [6.07, 6.45) is 1.55. The van der Waals surface area contributed by atoms with Crippen LogP contribution in [0.3, 0.4) is 0 Å². The summed E-state index contributed by atoms with van der Waals surface area (Å²) in [5, 5.41) is 4.93. The van der Waals surface area contributed by atoms with E-state index in [-0.39, 0.29) is 5.56 Å². The van der Waals surface area contributed by atoms with Crippen molar-refractivity contribution in [1.29, 1.82) is 0 Å². The molecule has 0 atom stereocenters. The second-order valence-electron chi connectivity index (χ2n) is 6.26. The maximum absolute atomic E-state index is 13.4. The van der Waals surface area contributed by atoms with Crippen molar-refractivity contribution in [3.63, 3.8) is 0 Å². The van der Waals surface area contributed by atoms with Gasteiger partial charge in [-0.25, -0.2) is 15.0 Å². The Morgan fingerprint density at radius 3 is 2.68 bits per heavy atom. The van der Waals surface area contributed by atoms with E-state index in [1.54, 1.807) is 22.2 Å². The molecule has 136 valence electrons. The second kappa shape index (κ2) is 6.85. The van der Waals surface area contributed by atoms with E-state index in [0.29, 0.717) is 16.1 Å². The zero-order valence-corrected chi connectivity index (χ0v) is 16.5. The molecule has 0 amide bonds. The third kappa shape index (κ3) is 2.80. The second-order valence-corrected chi connectivity index (χ2v) is 8.11. The molecule has 0 spiro atoms.